The van der Waals surface area contributed by atoms with Crippen LogP contribution in [-0.4, -0.2) is 26.9 Å². The van der Waals surface area contributed by atoms with Crippen molar-refractivity contribution in [2.45, 2.75) is 26.0 Å². The fraction of sp³-hybridized carbons (Fsp3) is 0.600. The molecule has 1 aromatic carbocycles. The van der Waals surface area contributed by atoms with Crippen molar-refractivity contribution in [3.8, 4) is 0 Å². The maximum atomic E-state index is 5.38. The lowest BCUT2D eigenvalue weighted by molar-refractivity contribution is 0.183. The van der Waals surface area contributed by atoms with E-state index in [0.29, 0.717) is 6.61 Å². The molecule has 1 atom stereocenters. The van der Waals surface area contributed by atoms with E-state index in [9.17, 15) is 0 Å². The van der Waals surface area contributed by atoms with E-state index >= 15 is 0 Å². The van der Waals surface area contributed by atoms with Gasteiger partial charge in [-0.25, -0.2) is 0 Å². The van der Waals surface area contributed by atoms with Crippen LogP contribution in [0.25, 0.3) is 0 Å². The van der Waals surface area contributed by atoms with Gasteiger partial charge < -0.3 is 14.8 Å². The summed E-state index contributed by atoms with van der Waals surface area (Å²) in [7, 11) is 1.74. The summed E-state index contributed by atoms with van der Waals surface area (Å²) in [6.45, 7) is 4.57. The quantitative estimate of drug-likeness (QED) is 0.752. The number of hydrogen-bond acceptors (Lipinski definition) is 3. The summed E-state index contributed by atoms with van der Waals surface area (Å²) in [6, 6.07) is 8.44. The third-order valence-electron chi connectivity index (χ3n) is 3.49. The van der Waals surface area contributed by atoms with Crippen LogP contribution >= 0.6 is 0 Å². The van der Waals surface area contributed by atoms with Crippen molar-refractivity contribution in [2.24, 2.45) is 5.92 Å². The SMILES string of the molecule is COCc1ccccc1CNCCC1CCOC1. The molecular formula is C15H23NO2. The minimum absolute atomic E-state index is 0.689. The van der Waals surface area contributed by atoms with Gasteiger partial charge in [-0.05, 0) is 36.4 Å². The van der Waals surface area contributed by atoms with Crippen molar-refractivity contribution in [1.29, 1.82) is 0 Å². The van der Waals surface area contributed by atoms with Gasteiger partial charge in [0.05, 0.1) is 6.61 Å². The largest absolute Gasteiger partial charge is 0.381 e. The third kappa shape index (κ3) is 4.09. The monoisotopic (exact) mass is 249 g/mol. The summed E-state index contributed by atoms with van der Waals surface area (Å²) >= 11 is 0. The second kappa shape index (κ2) is 7.52. The van der Waals surface area contributed by atoms with Crippen LogP contribution in [0.3, 0.4) is 0 Å². The van der Waals surface area contributed by atoms with E-state index in [-0.39, 0.29) is 0 Å². The number of benzene rings is 1. The highest BCUT2D eigenvalue weighted by atomic mass is 16.5. The Hall–Kier alpha value is -0.900. The second-order valence-electron chi connectivity index (χ2n) is 4.90. The summed E-state index contributed by atoms with van der Waals surface area (Å²) in [5, 5.41) is 3.52. The molecule has 0 amide bonds. The van der Waals surface area contributed by atoms with Crippen LogP contribution in [0.5, 0.6) is 0 Å². The van der Waals surface area contributed by atoms with E-state index in [0.717, 1.165) is 32.2 Å². The Morgan fingerprint density at radius 3 is 2.89 bits per heavy atom. The van der Waals surface area contributed by atoms with Crippen LogP contribution in [0.2, 0.25) is 0 Å². The van der Waals surface area contributed by atoms with Crippen molar-refractivity contribution in [3.05, 3.63) is 35.4 Å². The molecule has 0 radical (unpaired) electrons. The van der Waals surface area contributed by atoms with Crippen LogP contribution in [0.15, 0.2) is 24.3 Å². The number of ether oxygens (including phenoxy) is 2. The molecule has 1 aliphatic rings. The molecule has 1 N–H and O–H groups in total. The molecule has 0 aromatic heterocycles. The van der Waals surface area contributed by atoms with Gasteiger partial charge in [0.15, 0.2) is 0 Å². The topological polar surface area (TPSA) is 30.5 Å². The van der Waals surface area contributed by atoms with Gasteiger partial charge in [0.25, 0.3) is 0 Å². The Balaban J connectivity index is 1.72. The van der Waals surface area contributed by atoms with Crippen molar-refractivity contribution in [3.63, 3.8) is 0 Å². The second-order valence-corrected chi connectivity index (χ2v) is 4.90. The van der Waals surface area contributed by atoms with Gasteiger partial charge in [-0.1, -0.05) is 24.3 Å². The molecule has 1 unspecified atom stereocenters. The Labute approximate surface area is 109 Å². The Kier molecular flexibility index (Phi) is 5.65. The Bertz CT molecular complexity index is 348. The van der Waals surface area contributed by atoms with Crippen molar-refractivity contribution >= 4 is 0 Å². The first kappa shape index (κ1) is 13.5. The van der Waals surface area contributed by atoms with Crippen molar-refractivity contribution in [1.82, 2.24) is 5.32 Å². The smallest absolute Gasteiger partial charge is 0.0716 e. The summed E-state index contributed by atoms with van der Waals surface area (Å²) < 4.78 is 10.6. The molecule has 1 saturated heterocycles. The number of rotatable bonds is 7. The van der Waals surface area contributed by atoms with Gasteiger partial charge in [-0.3, -0.25) is 0 Å². The van der Waals surface area contributed by atoms with E-state index in [2.05, 4.69) is 29.6 Å². The van der Waals surface area contributed by atoms with Gasteiger partial charge in [0, 0.05) is 26.9 Å². The van der Waals surface area contributed by atoms with Crippen LogP contribution < -0.4 is 5.32 Å². The van der Waals surface area contributed by atoms with Gasteiger partial charge in [0.1, 0.15) is 0 Å². The maximum absolute atomic E-state index is 5.38. The molecule has 2 rings (SSSR count). The molecule has 3 nitrogen and oxygen atoms in total. The fourth-order valence-corrected chi connectivity index (χ4v) is 2.37. The zero-order valence-corrected chi connectivity index (χ0v) is 11.2. The number of hydrogen-bond donors (Lipinski definition) is 1. The average Bonchev–Trinajstić information content (AvgIpc) is 2.90. The van der Waals surface area contributed by atoms with E-state index < -0.39 is 0 Å². The molecule has 1 fully saturated rings. The molecule has 0 spiro atoms. The van der Waals surface area contributed by atoms with Gasteiger partial charge in [0.2, 0.25) is 0 Å². The third-order valence-corrected chi connectivity index (χ3v) is 3.49. The predicted octanol–water partition coefficient (Wildman–Crippen LogP) is 2.35. The molecule has 18 heavy (non-hydrogen) atoms. The fourth-order valence-electron chi connectivity index (χ4n) is 2.37. The molecule has 0 aliphatic carbocycles. The van der Waals surface area contributed by atoms with E-state index in [1.165, 1.54) is 24.0 Å². The van der Waals surface area contributed by atoms with Crippen LogP contribution in [0.1, 0.15) is 24.0 Å². The summed E-state index contributed by atoms with van der Waals surface area (Å²) in [6.07, 6.45) is 2.44. The highest BCUT2D eigenvalue weighted by molar-refractivity contribution is 5.26. The van der Waals surface area contributed by atoms with E-state index in [1.54, 1.807) is 7.11 Å². The molecular weight excluding hydrogens is 226 g/mol. The molecule has 1 aromatic rings. The lowest BCUT2D eigenvalue weighted by atomic mass is 10.0. The van der Waals surface area contributed by atoms with E-state index in [1.807, 2.05) is 0 Å². The Morgan fingerprint density at radius 2 is 2.17 bits per heavy atom. The number of methoxy groups -OCH3 is 1. The zero-order valence-electron chi connectivity index (χ0n) is 11.2. The molecule has 1 aliphatic heterocycles. The first-order valence-corrected chi connectivity index (χ1v) is 6.74. The Morgan fingerprint density at radius 1 is 1.33 bits per heavy atom. The van der Waals surface area contributed by atoms with Gasteiger partial charge in [-0.2, -0.15) is 0 Å². The number of nitrogens with one attached hydrogen (secondary N) is 1. The molecule has 0 bridgehead atoms. The maximum Gasteiger partial charge on any atom is 0.0716 e. The van der Waals surface area contributed by atoms with E-state index in [4.69, 9.17) is 9.47 Å². The first-order chi connectivity index (χ1) is 8.90. The van der Waals surface area contributed by atoms with Crippen LogP contribution in [0.4, 0.5) is 0 Å². The summed E-state index contributed by atoms with van der Waals surface area (Å²) in [4.78, 5) is 0. The molecule has 100 valence electrons. The minimum atomic E-state index is 0.689. The standard InChI is InChI=1S/C15H23NO2/c1-17-12-15-5-3-2-4-14(15)10-16-8-6-13-7-9-18-11-13/h2-5,13,16H,6-12H2,1H3. The predicted molar refractivity (Wildman–Crippen MR) is 72.4 cm³/mol. The lowest BCUT2D eigenvalue weighted by Gasteiger charge is -2.11. The summed E-state index contributed by atoms with van der Waals surface area (Å²) in [5.74, 6) is 0.756. The van der Waals surface area contributed by atoms with Crippen LogP contribution in [0, 0.1) is 5.92 Å². The lowest BCUT2D eigenvalue weighted by Crippen LogP contribution is -2.18. The highest BCUT2D eigenvalue weighted by Gasteiger charge is 2.14. The van der Waals surface area contributed by atoms with Gasteiger partial charge in [-0.15, -0.1) is 0 Å². The van der Waals surface area contributed by atoms with Crippen molar-refractivity contribution in [2.75, 3.05) is 26.9 Å². The average molecular weight is 249 g/mol. The van der Waals surface area contributed by atoms with Crippen LogP contribution in [-0.2, 0) is 22.6 Å². The normalized spacial score (nSPS) is 19.3. The van der Waals surface area contributed by atoms with Crippen molar-refractivity contribution < 1.29 is 9.47 Å². The minimum Gasteiger partial charge on any atom is -0.381 e. The van der Waals surface area contributed by atoms with Gasteiger partial charge >= 0.3 is 0 Å². The summed E-state index contributed by atoms with van der Waals surface area (Å²) in [5.41, 5.74) is 2.61. The first-order valence-electron chi connectivity index (χ1n) is 6.74. The highest BCUT2D eigenvalue weighted by Crippen LogP contribution is 2.15. The molecule has 1 heterocycles. The molecule has 3 heteroatoms. The zero-order chi connectivity index (χ0) is 12.6. The molecule has 0 saturated carbocycles.